The fourth-order valence-corrected chi connectivity index (χ4v) is 5.27. The molecule has 5 nitrogen and oxygen atoms in total. The fraction of sp³-hybridized carbons (Fsp3) is 0.304. The van der Waals surface area contributed by atoms with Crippen LogP contribution in [-0.4, -0.2) is 28.3 Å². The number of nitrogens with zero attached hydrogens (tertiary/aromatic N) is 2. The lowest BCUT2D eigenvalue weighted by Crippen LogP contribution is -2.48. The van der Waals surface area contributed by atoms with Gasteiger partial charge in [0.1, 0.15) is 5.75 Å². The van der Waals surface area contributed by atoms with E-state index in [1.807, 2.05) is 38.1 Å². The van der Waals surface area contributed by atoms with Crippen LogP contribution < -0.4 is 4.74 Å². The number of benzene rings is 2. The largest absolute Gasteiger partial charge is 0.494 e. The van der Waals surface area contributed by atoms with Crippen molar-refractivity contribution in [2.24, 2.45) is 0 Å². The van der Waals surface area contributed by atoms with Gasteiger partial charge in [0.15, 0.2) is 5.72 Å². The number of allylic oxidation sites excluding steroid dienone is 1. The minimum atomic E-state index is -1.47. The zero-order valence-electron chi connectivity index (χ0n) is 16.4. The molecule has 2 aliphatic heterocycles. The highest BCUT2D eigenvalue weighted by Gasteiger charge is 2.51. The van der Waals surface area contributed by atoms with Crippen molar-refractivity contribution in [3.8, 4) is 11.8 Å². The lowest BCUT2D eigenvalue weighted by atomic mass is 9.85. The third-order valence-corrected chi connectivity index (χ3v) is 6.64. The zero-order valence-corrected chi connectivity index (χ0v) is 17.2. The summed E-state index contributed by atoms with van der Waals surface area (Å²) in [7, 11) is 0. The molecule has 1 amide bonds. The number of rotatable bonds is 4. The van der Waals surface area contributed by atoms with E-state index in [0.717, 1.165) is 11.1 Å². The highest BCUT2D eigenvalue weighted by atomic mass is 32.2. The molecule has 0 spiro atoms. The lowest BCUT2D eigenvalue weighted by molar-refractivity contribution is -0.149. The molecule has 1 fully saturated rings. The third kappa shape index (κ3) is 3.31. The van der Waals surface area contributed by atoms with Crippen LogP contribution in [0.1, 0.15) is 36.0 Å². The van der Waals surface area contributed by atoms with Gasteiger partial charge in [0.05, 0.1) is 29.0 Å². The van der Waals surface area contributed by atoms with Crippen LogP contribution in [0, 0.1) is 18.3 Å². The highest BCUT2D eigenvalue weighted by molar-refractivity contribution is 8.03. The van der Waals surface area contributed by atoms with E-state index in [1.165, 1.54) is 16.7 Å². The minimum absolute atomic E-state index is 0.162. The lowest BCUT2D eigenvalue weighted by Gasteiger charge is -2.38. The number of ether oxygens (including phenoxy) is 1. The Kier molecular flexibility index (Phi) is 5.12. The molecular weight excluding hydrogens is 384 g/mol. The van der Waals surface area contributed by atoms with E-state index in [-0.39, 0.29) is 24.0 Å². The fourth-order valence-electron chi connectivity index (χ4n) is 3.91. The molecule has 2 atom stereocenters. The first-order valence-corrected chi connectivity index (χ1v) is 10.6. The van der Waals surface area contributed by atoms with Crippen molar-refractivity contribution in [3.63, 3.8) is 0 Å². The first kappa shape index (κ1) is 19.6. The molecule has 2 aliphatic rings. The Balaban J connectivity index is 1.73. The van der Waals surface area contributed by atoms with Gasteiger partial charge in [0.2, 0.25) is 5.91 Å². The molecule has 4 rings (SSSR count). The van der Waals surface area contributed by atoms with Gasteiger partial charge in [-0.15, -0.1) is 11.8 Å². The van der Waals surface area contributed by atoms with E-state index < -0.39 is 5.72 Å². The van der Waals surface area contributed by atoms with Crippen molar-refractivity contribution in [1.82, 2.24) is 4.90 Å². The smallest absolute Gasteiger partial charge is 0.231 e. The summed E-state index contributed by atoms with van der Waals surface area (Å²) in [6, 6.07) is 17.4. The average molecular weight is 407 g/mol. The molecule has 29 heavy (non-hydrogen) atoms. The van der Waals surface area contributed by atoms with Crippen molar-refractivity contribution in [2.75, 3.05) is 12.4 Å². The van der Waals surface area contributed by atoms with Gasteiger partial charge in [-0.2, -0.15) is 5.26 Å². The van der Waals surface area contributed by atoms with Crippen LogP contribution in [0.5, 0.6) is 5.75 Å². The van der Waals surface area contributed by atoms with Gasteiger partial charge in [-0.25, -0.2) is 0 Å². The topological polar surface area (TPSA) is 73.6 Å². The molecule has 1 saturated heterocycles. The molecule has 0 aromatic heterocycles. The molecule has 6 heteroatoms. The molecule has 2 unspecified atom stereocenters. The molecule has 2 aromatic rings. The molecule has 0 bridgehead atoms. The number of carbonyl (C=O) groups is 1. The van der Waals surface area contributed by atoms with E-state index in [4.69, 9.17) is 4.74 Å². The summed E-state index contributed by atoms with van der Waals surface area (Å²) in [5.41, 5.74) is 1.76. The van der Waals surface area contributed by atoms with Gasteiger partial charge < -0.3 is 9.84 Å². The number of hydrogen-bond donors (Lipinski definition) is 1. The average Bonchev–Trinajstić information content (AvgIpc) is 3.08. The summed E-state index contributed by atoms with van der Waals surface area (Å²) in [6.45, 7) is 4.47. The van der Waals surface area contributed by atoms with Crippen LogP contribution in [0.4, 0.5) is 0 Å². The van der Waals surface area contributed by atoms with E-state index in [1.54, 1.807) is 24.3 Å². The van der Waals surface area contributed by atoms with Crippen molar-refractivity contribution in [2.45, 2.75) is 31.9 Å². The second-order valence-electron chi connectivity index (χ2n) is 7.29. The number of fused-ring (bicyclic) bond motifs is 1. The maximum atomic E-state index is 13.1. The Bertz CT molecular complexity index is 1010. The van der Waals surface area contributed by atoms with Crippen molar-refractivity contribution in [3.05, 3.63) is 75.8 Å². The Labute approximate surface area is 174 Å². The summed E-state index contributed by atoms with van der Waals surface area (Å²) in [5.74, 6) is 0.539. The first-order chi connectivity index (χ1) is 14.0. The molecule has 2 aromatic carbocycles. The molecule has 1 N–H and O–H groups in total. The summed E-state index contributed by atoms with van der Waals surface area (Å²) in [4.78, 5) is 14.5. The van der Waals surface area contributed by atoms with Gasteiger partial charge in [0, 0.05) is 17.9 Å². The zero-order chi connectivity index (χ0) is 20.6. The monoisotopic (exact) mass is 406 g/mol. The Morgan fingerprint density at radius 3 is 2.55 bits per heavy atom. The molecule has 0 radical (unpaired) electrons. The highest BCUT2D eigenvalue weighted by Crippen LogP contribution is 2.51. The van der Waals surface area contributed by atoms with E-state index in [0.29, 0.717) is 28.5 Å². The molecule has 148 valence electrons. The second-order valence-corrected chi connectivity index (χ2v) is 8.25. The van der Waals surface area contributed by atoms with E-state index >= 15 is 0 Å². The Morgan fingerprint density at radius 1 is 1.24 bits per heavy atom. The van der Waals surface area contributed by atoms with Gasteiger partial charge in [-0.1, -0.05) is 42.0 Å². The Hall–Kier alpha value is -2.75. The molecule has 2 heterocycles. The third-order valence-electron chi connectivity index (χ3n) is 5.42. The summed E-state index contributed by atoms with van der Waals surface area (Å²) < 4.78 is 5.47. The standard InChI is InChI=1S/C23H22N2O3S/c1-3-28-18-10-8-17(9-11-18)23(27)14-29-22-20(13-24)19(12-21(26)25(22)23)16-6-4-15(2)5-7-16/h4-11,19,27H,3,12,14H2,1-2H3. The SMILES string of the molecule is CCOc1ccc(C2(O)CSC3=C(C#N)C(c4ccc(C)cc4)CC(=O)N32)cc1. The summed E-state index contributed by atoms with van der Waals surface area (Å²) in [5, 5.41) is 21.9. The van der Waals surface area contributed by atoms with Crippen molar-refractivity contribution < 1.29 is 14.6 Å². The van der Waals surface area contributed by atoms with Gasteiger partial charge in [-0.3, -0.25) is 9.69 Å². The predicted molar refractivity (Wildman–Crippen MR) is 112 cm³/mol. The van der Waals surface area contributed by atoms with E-state index in [9.17, 15) is 15.2 Å². The molecule has 0 aliphatic carbocycles. The number of aliphatic hydroxyl groups is 1. The van der Waals surface area contributed by atoms with Crippen LogP contribution in [0.25, 0.3) is 0 Å². The number of nitriles is 1. The van der Waals surface area contributed by atoms with Crippen LogP contribution >= 0.6 is 11.8 Å². The van der Waals surface area contributed by atoms with Crippen LogP contribution in [-0.2, 0) is 10.5 Å². The number of aryl methyl sites for hydroxylation is 1. The maximum Gasteiger partial charge on any atom is 0.231 e. The maximum absolute atomic E-state index is 13.1. The normalized spacial score (nSPS) is 23.7. The Morgan fingerprint density at radius 2 is 1.93 bits per heavy atom. The number of hydrogen-bond acceptors (Lipinski definition) is 5. The molecular formula is C23H22N2O3S. The van der Waals surface area contributed by atoms with Crippen LogP contribution in [0.2, 0.25) is 0 Å². The van der Waals surface area contributed by atoms with Crippen LogP contribution in [0.15, 0.2) is 59.1 Å². The minimum Gasteiger partial charge on any atom is -0.494 e. The first-order valence-electron chi connectivity index (χ1n) is 9.60. The van der Waals surface area contributed by atoms with Crippen molar-refractivity contribution >= 4 is 17.7 Å². The van der Waals surface area contributed by atoms with Gasteiger partial charge >= 0.3 is 0 Å². The quantitative estimate of drug-likeness (QED) is 0.830. The second kappa shape index (κ2) is 7.58. The predicted octanol–water partition coefficient (Wildman–Crippen LogP) is 4.04. The summed E-state index contributed by atoms with van der Waals surface area (Å²) in [6.07, 6.45) is 0.162. The van der Waals surface area contributed by atoms with E-state index in [2.05, 4.69) is 6.07 Å². The van der Waals surface area contributed by atoms with Crippen molar-refractivity contribution in [1.29, 1.82) is 5.26 Å². The van der Waals surface area contributed by atoms with Gasteiger partial charge in [-0.05, 0) is 31.5 Å². The number of amides is 1. The number of carbonyl (C=O) groups excluding carboxylic acids is 1. The number of thioether (sulfide) groups is 1. The summed E-state index contributed by atoms with van der Waals surface area (Å²) >= 11 is 1.36. The molecule has 0 saturated carbocycles. The van der Waals surface area contributed by atoms with Crippen LogP contribution in [0.3, 0.4) is 0 Å². The van der Waals surface area contributed by atoms with Gasteiger partial charge in [0.25, 0.3) is 0 Å².